The minimum Gasteiger partial charge on any atom is -0.329 e. The van der Waals surface area contributed by atoms with Crippen molar-refractivity contribution in [1.82, 2.24) is 10.3 Å². The molecule has 1 aromatic heterocycles. The van der Waals surface area contributed by atoms with E-state index in [0.29, 0.717) is 6.54 Å². The smallest absolute Gasteiger partial charge is 0.0464 e. The highest BCUT2D eigenvalue weighted by molar-refractivity contribution is 5.21. The summed E-state index contributed by atoms with van der Waals surface area (Å²) in [5.41, 5.74) is 9.30. The molecule has 0 saturated heterocycles. The molecule has 100 valence electrons. The van der Waals surface area contributed by atoms with Crippen LogP contribution < -0.4 is 11.1 Å². The van der Waals surface area contributed by atoms with Crippen LogP contribution in [0.15, 0.2) is 48.7 Å². The lowest BCUT2D eigenvalue weighted by molar-refractivity contribution is 0.472. The van der Waals surface area contributed by atoms with E-state index in [4.69, 9.17) is 5.73 Å². The molecule has 3 nitrogen and oxygen atoms in total. The van der Waals surface area contributed by atoms with Crippen LogP contribution in [0.2, 0.25) is 0 Å². The highest BCUT2D eigenvalue weighted by Crippen LogP contribution is 2.18. The van der Waals surface area contributed by atoms with Crippen molar-refractivity contribution in [2.45, 2.75) is 25.9 Å². The summed E-state index contributed by atoms with van der Waals surface area (Å²) in [5.74, 6) is 0. The van der Waals surface area contributed by atoms with Crippen molar-refractivity contribution in [3.63, 3.8) is 0 Å². The van der Waals surface area contributed by atoms with Crippen molar-refractivity contribution in [3.05, 3.63) is 65.5 Å². The van der Waals surface area contributed by atoms with Crippen molar-refractivity contribution in [2.75, 3.05) is 6.54 Å². The van der Waals surface area contributed by atoms with Crippen LogP contribution in [0.4, 0.5) is 0 Å². The van der Waals surface area contributed by atoms with E-state index in [1.54, 1.807) is 0 Å². The van der Waals surface area contributed by atoms with Gasteiger partial charge in [0, 0.05) is 30.5 Å². The van der Waals surface area contributed by atoms with E-state index < -0.39 is 0 Å². The third-order valence-electron chi connectivity index (χ3n) is 3.32. The van der Waals surface area contributed by atoms with Crippen LogP contribution in [0.5, 0.6) is 0 Å². The maximum atomic E-state index is 5.88. The Morgan fingerprint density at radius 3 is 2.42 bits per heavy atom. The molecule has 0 radical (unpaired) electrons. The van der Waals surface area contributed by atoms with E-state index in [-0.39, 0.29) is 12.1 Å². The van der Waals surface area contributed by atoms with Gasteiger partial charge in [0.2, 0.25) is 0 Å². The fraction of sp³-hybridized carbons (Fsp3) is 0.312. The Kier molecular flexibility index (Phi) is 4.66. The van der Waals surface area contributed by atoms with Crippen molar-refractivity contribution >= 4 is 0 Å². The maximum absolute atomic E-state index is 5.88. The first kappa shape index (κ1) is 13.7. The highest BCUT2D eigenvalue weighted by atomic mass is 15.0. The van der Waals surface area contributed by atoms with E-state index in [1.165, 1.54) is 5.56 Å². The van der Waals surface area contributed by atoms with E-state index in [0.717, 1.165) is 11.3 Å². The zero-order valence-electron chi connectivity index (χ0n) is 11.5. The van der Waals surface area contributed by atoms with Crippen LogP contribution in [0.25, 0.3) is 0 Å². The van der Waals surface area contributed by atoms with Gasteiger partial charge in [-0.2, -0.15) is 0 Å². The number of rotatable bonds is 5. The summed E-state index contributed by atoms with van der Waals surface area (Å²) in [6, 6.07) is 14.9. The van der Waals surface area contributed by atoms with Crippen molar-refractivity contribution in [3.8, 4) is 0 Å². The molecular formula is C16H21N3. The number of hydrogen-bond donors (Lipinski definition) is 2. The Morgan fingerprint density at radius 1 is 1.11 bits per heavy atom. The third kappa shape index (κ3) is 3.63. The van der Waals surface area contributed by atoms with Crippen molar-refractivity contribution < 1.29 is 0 Å². The summed E-state index contributed by atoms with van der Waals surface area (Å²) in [6.07, 6.45) is 1.90. The van der Waals surface area contributed by atoms with E-state index in [1.807, 2.05) is 25.3 Å². The van der Waals surface area contributed by atoms with Crippen molar-refractivity contribution in [2.24, 2.45) is 5.73 Å². The quantitative estimate of drug-likeness (QED) is 0.863. The highest BCUT2D eigenvalue weighted by Gasteiger charge is 2.13. The van der Waals surface area contributed by atoms with Gasteiger partial charge < -0.3 is 11.1 Å². The summed E-state index contributed by atoms with van der Waals surface area (Å²) in [5, 5.41) is 3.55. The number of aromatic nitrogens is 1. The molecule has 19 heavy (non-hydrogen) atoms. The second-order valence-corrected chi connectivity index (χ2v) is 4.82. The molecule has 0 saturated carbocycles. The summed E-state index contributed by atoms with van der Waals surface area (Å²) >= 11 is 0. The first-order valence-electron chi connectivity index (χ1n) is 6.64. The van der Waals surface area contributed by atoms with Gasteiger partial charge >= 0.3 is 0 Å². The minimum atomic E-state index is 0.128. The van der Waals surface area contributed by atoms with E-state index in [9.17, 15) is 0 Å². The molecule has 0 aliphatic heterocycles. The number of nitrogens with two attached hydrogens (primary N) is 1. The molecule has 3 heteroatoms. The molecule has 2 rings (SSSR count). The van der Waals surface area contributed by atoms with Gasteiger partial charge in [-0.1, -0.05) is 36.4 Å². The molecule has 2 unspecified atom stereocenters. The van der Waals surface area contributed by atoms with Crippen LogP contribution in [0, 0.1) is 6.92 Å². The van der Waals surface area contributed by atoms with Crippen LogP contribution in [0.3, 0.4) is 0 Å². The van der Waals surface area contributed by atoms with Crippen LogP contribution >= 0.6 is 0 Å². The molecule has 0 amide bonds. The topological polar surface area (TPSA) is 50.9 Å². The maximum Gasteiger partial charge on any atom is 0.0464 e. The Morgan fingerprint density at radius 2 is 1.84 bits per heavy atom. The first-order chi connectivity index (χ1) is 9.20. The number of hydrogen-bond acceptors (Lipinski definition) is 3. The normalized spacial score (nSPS) is 14.1. The summed E-state index contributed by atoms with van der Waals surface area (Å²) in [7, 11) is 0. The van der Waals surface area contributed by atoms with Gasteiger partial charge in [0.05, 0.1) is 0 Å². The molecule has 0 bridgehead atoms. The molecule has 1 aromatic carbocycles. The monoisotopic (exact) mass is 255 g/mol. The average Bonchev–Trinajstić information content (AvgIpc) is 2.46. The van der Waals surface area contributed by atoms with Crippen LogP contribution in [0.1, 0.15) is 35.8 Å². The summed E-state index contributed by atoms with van der Waals surface area (Å²) in [4.78, 5) is 4.33. The largest absolute Gasteiger partial charge is 0.329 e. The van der Waals surface area contributed by atoms with Gasteiger partial charge in [-0.25, -0.2) is 0 Å². The lowest BCUT2D eigenvalue weighted by Crippen LogP contribution is -2.30. The zero-order valence-corrected chi connectivity index (χ0v) is 11.5. The molecule has 1 heterocycles. The van der Waals surface area contributed by atoms with Crippen LogP contribution in [-0.2, 0) is 0 Å². The number of aryl methyl sites for hydroxylation is 1. The predicted octanol–water partition coefficient (Wildman–Crippen LogP) is 2.74. The average molecular weight is 255 g/mol. The van der Waals surface area contributed by atoms with Crippen LogP contribution in [-0.4, -0.2) is 11.5 Å². The van der Waals surface area contributed by atoms with Gasteiger partial charge in [-0.3, -0.25) is 4.98 Å². The van der Waals surface area contributed by atoms with Crippen molar-refractivity contribution in [1.29, 1.82) is 0 Å². The number of benzene rings is 1. The van der Waals surface area contributed by atoms with E-state index in [2.05, 4.69) is 47.6 Å². The fourth-order valence-corrected chi connectivity index (χ4v) is 2.13. The molecule has 0 fully saturated rings. The first-order valence-corrected chi connectivity index (χ1v) is 6.64. The van der Waals surface area contributed by atoms with Gasteiger partial charge in [-0.15, -0.1) is 0 Å². The zero-order chi connectivity index (χ0) is 13.7. The van der Waals surface area contributed by atoms with Gasteiger partial charge in [0.25, 0.3) is 0 Å². The number of nitrogens with one attached hydrogen (secondary N) is 1. The third-order valence-corrected chi connectivity index (χ3v) is 3.32. The summed E-state index contributed by atoms with van der Waals surface area (Å²) < 4.78 is 0. The molecule has 3 N–H and O–H groups in total. The second kappa shape index (κ2) is 6.45. The predicted molar refractivity (Wildman–Crippen MR) is 78.8 cm³/mol. The molecule has 2 atom stereocenters. The second-order valence-electron chi connectivity index (χ2n) is 4.82. The Bertz CT molecular complexity index is 493. The molecular weight excluding hydrogens is 234 g/mol. The number of pyridine rings is 1. The number of nitrogens with zero attached hydrogens (tertiary/aromatic N) is 1. The van der Waals surface area contributed by atoms with Gasteiger partial charge in [0.1, 0.15) is 0 Å². The van der Waals surface area contributed by atoms with Gasteiger partial charge in [-0.05, 0) is 31.0 Å². The lowest BCUT2D eigenvalue weighted by atomic mass is 10.0. The molecule has 2 aromatic rings. The van der Waals surface area contributed by atoms with Gasteiger partial charge in [0.15, 0.2) is 0 Å². The lowest BCUT2D eigenvalue weighted by Gasteiger charge is -2.22. The Labute approximate surface area is 114 Å². The SMILES string of the molecule is Cc1ccc(C(CN)NC(C)c2ccccc2)cn1. The molecule has 0 aliphatic carbocycles. The molecule has 0 spiro atoms. The van der Waals surface area contributed by atoms with E-state index >= 15 is 0 Å². The molecule has 0 aliphatic rings. The standard InChI is InChI=1S/C16H21N3/c1-12-8-9-15(11-18-12)16(10-17)19-13(2)14-6-4-3-5-7-14/h3-9,11,13,16,19H,10,17H2,1-2H3. The Hall–Kier alpha value is -1.71. The minimum absolute atomic E-state index is 0.128. The fourth-order valence-electron chi connectivity index (χ4n) is 2.13. The Balaban J connectivity index is 2.09. The summed E-state index contributed by atoms with van der Waals surface area (Å²) in [6.45, 7) is 4.70.